The average Bonchev–Trinajstić information content (AvgIpc) is 1.68. The Hall–Kier alpha value is -0.620. The van der Waals surface area contributed by atoms with Gasteiger partial charge in [-0.2, -0.15) is 14.8 Å². The molecule has 0 saturated heterocycles. The first-order chi connectivity index (χ1) is 3.12. The van der Waals surface area contributed by atoms with E-state index in [1.54, 1.807) is 0 Å². The standard InChI is InChI=1S/C4H5FNO/c1-2-4(5,7)3-6/h2H2,1H3. The number of hydrogen-bond acceptors (Lipinski definition) is 1. The van der Waals surface area contributed by atoms with Gasteiger partial charge in [-0.15, -0.1) is 0 Å². The lowest BCUT2D eigenvalue weighted by Gasteiger charge is -1.98. The van der Waals surface area contributed by atoms with Crippen LogP contribution in [0.5, 0.6) is 0 Å². The summed E-state index contributed by atoms with van der Waals surface area (Å²) in [6.07, 6.45) is -0.288. The minimum atomic E-state index is -2.86. The van der Waals surface area contributed by atoms with E-state index in [0.717, 1.165) is 6.07 Å². The highest BCUT2D eigenvalue weighted by molar-refractivity contribution is 4.88. The van der Waals surface area contributed by atoms with E-state index in [2.05, 4.69) is 0 Å². The van der Waals surface area contributed by atoms with Gasteiger partial charge in [0, 0.05) is 6.42 Å². The summed E-state index contributed by atoms with van der Waals surface area (Å²) in [6.45, 7) is 1.33. The van der Waals surface area contributed by atoms with E-state index in [1.807, 2.05) is 0 Å². The van der Waals surface area contributed by atoms with Crippen LogP contribution < -0.4 is 0 Å². The molecule has 0 aliphatic heterocycles. The van der Waals surface area contributed by atoms with Crippen molar-refractivity contribution < 1.29 is 9.50 Å². The molecule has 0 aliphatic carbocycles. The number of rotatable bonds is 1. The van der Waals surface area contributed by atoms with E-state index in [0.29, 0.717) is 0 Å². The Morgan fingerprint density at radius 1 is 2.00 bits per heavy atom. The Morgan fingerprint density at radius 3 is 2.43 bits per heavy atom. The monoisotopic (exact) mass is 102 g/mol. The largest absolute Gasteiger partial charge is 0.324 e. The molecule has 0 N–H and O–H groups in total. The zero-order chi connectivity index (χ0) is 5.91. The van der Waals surface area contributed by atoms with E-state index < -0.39 is 5.85 Å². The van der Waals surface area contributed by atoms with Crippen LogP contribution in [-0.4, -0.2) is 5.85 Å². The van der Waals surface area contributed by atoms with Crippen LogP contribution in [0.25, 0.3) is 0 Å². The first-order valence-electron chi connectivity index (χ1n) is 1.93. The molecule has 3 heteroatoms. The fourth-order valence-electron chi connectivity index (χ4n) is 0.0791. The van der Waals surface area contributed by atoms with Gasteiger partial charge in [0.15, 0.2) is 0 Å². The summed E-state index contributed by atoms with van der Waals surface area (Å²) in [7, 11) is 0. The summed E-state index contributed by atoms with van der Waals surface area (Å²) >= 11 is 0. The van der Waals surface area contributed by atoms with Crippen molar-refractivity contribution >= 4 is 0 Å². The van der Waals surface area contributed by atoms with Gasteiger partial charge in [0.05, 0.1) is 0 Å². The predicted octanol–water partition coefficient (Wildman–Crippen LogP) is 1.02. The Labute approximate surface area is 41.2 Å². The molecular weight excluding hydrogens is 97.0 g/mol. The van der Waals surface area contributed by atoms with Crippen LogP contribution in [0.2, 0.25) is 0 Å². The quantitative estimate of drug-likeness (QED) is 0.487. The molecule has 0 spiro atoms. The van der Waals surface area contributed by atoms with Crippen molar-refractivity contribution in [2.75, 3.05) is 0 Å². The number of nitrogens with zero attached hydrogens (tertiary/aromatic N) is 1. The van der Waals surface area contributed by atoms with Crippen LogP contribution in [0, 0.1) is 11.3 Å². The summed E-state index contributed by atoms with van der Waals surface area (Å²) in [4.78, 5) is 0. The molecular formula is C4H5FNO. The lowest BCUT2D eigenvalue weighted by atomic mass is 10.3. The zero-order valence-corrected chi connectivity index (χ0v) is 3.94. The number of hydrogen-bond donors (Lipinski definition) is 0. The minimum Gasteiger partial charge on any atom is -0.192 e. The SMILES string of the molecule is CCC([O])(F)C#N. The molecule has 0 amide bonds. The maximum absolute atomic E-state index is 11.6. The van der Waals surface area contributed by atoms with Crippen molar-refractivity contribution in [3.8, 4) is 6.07 Å². The molecule has 1 unspecified atom stereocenters. The zero-order valence-electron chi connectivity index (χ0n) is 3.94. The summed E-state index contributed by atoms with van der Waals surface area (Å²) in [5, 5.41) is 17.5. The van der Waals surface area contributed by atoms with Crippen LogP contribution in [0.1, 0.15) is 13.3 Å². The summed E-state index contributed by atoms with van der Waals surface area (Å²) in [6, 6.07) is 0.969. The third-order valence-electron chi connectivity index (χ3n) is 0.622. The second-order valence-corrected chi connectivity index (χ2v) is 1.19. The Kier molecular flexibility index (Phi) is 1.73. The number of alkyl halides is 1. The molecule has 1 atom stereocenters. The van der Waals surface area contributed by atoms with Gasteiger partial charge in [0.1, 0.15) is 6.07 Å². The molecule has 0 fully saturated rings. The topological polar surface area (TPSA) is 43.7 Å². The molecule has 0 aromatic carbocycles. The van der Waals surface area contributed by atoms with Crippen LogP contribution in [0.4, 0.5) is 4.39 Å². The normalized spacial score (nSPS) is 17.4. The van der Waals surface area contributed by atoms with Crippen LogP contribution in [0.15, 0.2) is 0 Å². The molecule has 0 aromatic heterocycles. The van der Waals surface area contributed by atoms with Gasteiger partial charge >= 0.3 is 5.85 Å². The van der Waals surface area contributed by atoms with Crippen LogP contribution >= 0.6 is 0 Å². The molecule has 0 aliphatic rings. The maximum atomic E-state index is 11.6. The smallest absolute Gasteiger partial charge is 0.192 e. The Balaban J connectivity index is 3.66. The van der Waals surface area contributed by atoms with Gasteiger partial charge in [0.2, 0.25) is 0 Å². The average molecular weight is 102 g/mol. The molecule has 1 radical (unpaired) electrons. The molecule has 0 aromatic rings. The number of nitriles is 1. The fraction of sp³-hybridized carbons (Fsp3) is 0.750. The predicted molar refractivity (Wildman–Crippen MR) is 20.4 cm³/mol. The Morgan fingerprint density at radius 2 is 2.43 bits per heavy atom. The van der Waals surface area contributed by atoms with E-state index in [1.165, 1.54) is 6.92 Å². The van der Waals surface area contributed by atoms with Gasteiger partial charge in [-0.1, -0.05) is 6.92 Å². The van der Waals surface area contributed by atoms with Gasteiger partial charge in [-0.25, -0.2) is 0 Å². The van der Waals surface area contributed by atoms with Crippen molar-refractivity contribution in [2.24, 2.45) is 0 Å². The second kappa shape index (κ2) is 1.90. The van der Waals surface area contributed by atoms with Gasteiger partial charge in [-0.3, -0.25) is 0 Å². The van der Waals surface area contributed by atoms with Crippen LogP contribution in [-0.2, 0) is 5.11 Å². The van der Waals surface area contributed by atoms with E-state index in [-0.39, 0.29) is 6.42 Å². The lowest BCUT2D eigenvalue weighted by Crippen LogP contribution is -2.14. The van der Waals surface area contributed by atoms with E-state index in [9.17, 15) is 9.50 Å². The van der Waals surface area contributed by atoms with Crippen molar-refractivity contribution in [1.29, 1.82) is 5.26 Å². The van der Waals surface area contributed by atoms with E-state index in [4.69, 9.17) is 5.26 Å². The lowest BCUT2D eigenvalue weighted by molar-refractivity contribution is -0.0937. The van der Waals surface area contributed by atoms with Crippen molar-refractivity contribution in [3.63, 3.8) is 0 Å². The third-order valence-corrected chi connectivity index (χ3v) is 0.622. The second-order valence-electron chi connectivity index (χ2n) is 1.19. The fourth-order valence-corrected chi connectivity index (χ4v) is 0.0791. The Bertz CT molecular complexity index is 94.4. The molecule has 0 rings (SSSR count). The van der Waals surface area contributed by atoms with Crippen molar-refractivity contribution in [1.82, 2.24) is 0 Å². The summed E-state index contributed by atoms with van der Waals surface area (Å²) in [5.41, 5.74) is 0. The molecule has 39 valence electrons. The number of halogens is 1. The summed E-state index contributed by atoms with van der Waals surface area (Å²) < 4.78 is 11.6. The first-order valence-corrected chi connectivity index (χ1v) is 1.93. The molecule has 7 heavy (non-hydrogen) atoms. The van der Waals surface area contributed by atoms with Gasteiger partial charge < -0.3 is 0 Å². The highest BCUT2D eigenvalue weighted by atomic mass is 19.2. The molecule has 2 nitrogen and oxygen atoms in total. The van der Waals surface area contributed by atoms with Crippen LogP contribution in [0.3, 0.4) is 0 Å². The van der Waals surface area contributed by atoms with Crippen molar-refractivity contribution in [3.05, 3.63) is 0 Å². The molecule has 0 bridgehead atoms. The molecule has 0 heterocycles. The summed E-state index contributed by atoms with van der Waals surface area (Å²) in [5.74, 6) is -2.86. The first kappa shape index (κ1) is 6.38. The van der Waals surface area contributed by atoms with Gasteiger partial charge in [-0.05, 0) is 0 Å². The highest BCUT2D eigenvalue weighted by Crippen LogP contribution is 2.08. The minimum absolute atomic E-state index is 0.288. The van der Waals surface area contributed by atoms with Crippen molar-refractivity contribution in [2.45, 2.75) is 19.2 Å². The van der Waals surface area contributed by atoms with Gasteiger partial charge in [0.25, 0.3) is 0 Å². The third kappa shape index (κ3) is 2.12. The maximum Gasteiger partial charge on any atom is 0.324 e. The van der Waals surface area contributed by atoms with E-state index >= 15 is 0 Å². The highest BCUT2D eigenvalue weighted by Gasteiger charge is 2.23. The molecule has 0 saturated carbocycles.